The second-order valence-electron chi connectivity index (χ2n) is 6.55. The number of ether oxygens (including phenoxy) is 1. The minimum Gasteiger partial charge on any atom is -0.439 e. The van der Waals surface area contributed by atoms with Crippen molar-refractivity contribution in [2.24, 2.45) is 5.92 Å². The second kappa shape index (κ2) is 7.53. The van der Waals surface area contributed by atoms with E-state index in [0.29, 0.717) is 17.7 Å². The van der Waals surface area contributed by atoms with Gasteiger partial charge in [-0.2, -0.15) is 4.98 Å². The number of nitrogens with zero attached hydrogens (tertiary/aromatic N) is 4. The fraction of sp³-hybridized carbons (Fsp3) is 0.316. The van der Waals surface area contributed by atoms with Crippen LogP contribution in [0.5, 0.6) is 11.6 Å². The Bertz CT molecular complexity index is 825. The minimum absolute atomic E-state index is 0.0736. The third-order valence-corrected chi connectivity index (χ3v) is 4.56. The van der Waals surface area contributed by atoms with Crippen LogP contribution in [-0.2, 0) is 6.54 Å². The topological polar surface area (TPSA) is 85.1 Å². The molecule has 1 saturated carbocycles. The van der Waals surface area contributed by atoms with E-state index in [-0.39, 0.29) is 6.04 Å². The van der Waals surface area contributed by atoms with Crippen LogP contribution in [-0.4, -0.2) is 36.8 Å². The van der Waals surface area contributed by atoms with Crippen LogP contribution in [0.2, 0.25) is 0 Å². The zero-order valence-corrected chi connectivity index (χ0v) is 14.3. The Morgan fingerprint density at radius 2 is 2.04 bits per heavy atom. The van der Waals surface area contributed by atoms with E-state index >= 15 is 0 Å². The van der Waals surface area contributed by atoms with Crippen molar-refractivity contribution in [1.29, 1.82) is 0 Å². The molecular formula is C19H21N5O2. The number of aliphatic hydroxyl groups is 1. The van der Waals surface area contributed by atoms with E-state index in [9.17, 15) is 5.11 Å². The number of nitrogens with one attached hydrogen (secondary N) is 1. The Labute approximate surface area is 151 Å². The molecule has 0 aliphatic heterocycles. The molecule has 7 nitrogen and oxygen atoms in total. The molecule has 0 radical (unpaired) electrons. The molecular weight excluding hydrogens is 330 g/mol. The van der Waals surface area contributed by atoms with Crippen molar-refractivity contribution in [3.63, 3.8) is 0 Å². The molecule has 3 aromatic rings. The summed E-state index contributed by atoms with van der Waals surface area (Å²) in [5.74, 6) is 2.04. The molecule has 0 bridgehead atoms. The summed E-state index contributed by atoms with van der Waals surface area (Å²) in [5.41, 5.74) is 0. The summed E-state index contributed by atoms with van der Waals surface area (Å²) >= 11 is 0. The van der Waals surface area contributed by atoms with Gasteiger partial charge in [-0.25, -0.2) is 9.97 Å². The third kappa shape index (κ3) is 4.00. The van der Waals surface area contributed by atoms with Gasteiger partial charge in [0.05, 0.1) is 18.5 Å². The van der Waals surface area contributed by atoms with Crippen LogP contribution in [0.1, 0.15) is 12.8 Å². The van der Waals surface area contributed by atoms with Crippen LogP contribution >= 0.6 is 0 Å². The zero-order chi connectivity index (χ0) is 17.8. The summed E-state index contributed by atoms with van der Waals surface area (Å²) in [6.07, 6.45) is 8.35. The SMILES string of the molecule is O[C@@H]1CC(Cn2ccnc2)C[C@H]1Nc1nccc(Oc2ccccc2)n1. The first-order valence-corrected chi connectivity index (χ1v) is 8.72. The zero-order valence-electron chi connectivity index (χ0n) is 14.3. The van der Waals surface area contributed by atoms with Gasteiger partial charge in [-0.15, -0.1) is 0 Å². The number of imidazole rings is 1. The lowest BCUT2D eigenvalue weighted by atomic mass is 10.1. The summed E-state index contributed by atoms with van der Waals surface area (Å²) in [6.45, 7) is 0.854. The predicted octanol–water partition coefficient (Wildman–Crippen LogP) is 2.72. The number of hydrogen-bond acceptors (Lipinski definition) is 6. The van der Waals surface area contributed by atoms with Crippen molar-refractivity contribution >= 4 is 5.95 Å². The van der Waals surface area contributed by atoms with Gasteiger partial charge < -0.3 is 19.7 Å². The molecule has 0 saturated heterocycles. The maximum Gasteiger partial charge on any atom is 0.226 e. The first-order chi connectivity index (χ1) is 12.8. The first-order valence-electron chi connectivity index (χ1n) is 8.72. The summed E-state index contributed by atoms with van der Waals surface area (Å²) in [6, 6.07) is 11.1. The molecule has 1 aliphatic rings. The molecule has 26 heavy (non-hydrogen) atoms. The minimum atomic E-state index is -0.425. The molecule has 2 aromatic heterocycles. The molecule has 1 fully saturated rings. The van der Waals surface area contributed by atoms with Crippen molar-refractivity contribution in [1.82, 2.24) is 19.5 Å². The van der Waals surface area contributed by atoms with Gasteiger partial charge in [0.2, 0.25) is 11.8 Å². The number of aliphatic hydroxyl groups excluding tert-OH is 1. The van der Waals surface area contributed by atoms with Gasteiger partial charge in [0.25, 0.3) is 0 Å². The van der Waals surface area contributed by atoms with Gasteiger partial charge in [-0.1, -0.05) is 18.2 Å². The summed E-state index contributed by atoms with van der Waals surface area (Å²) < 4.78 is 7.78. The molecule has 7 heteroatoms. The fourth-order valence-electron chi connectivity index (χ4n) is 3.36. The highest BCUT2D eigenvalue weighted by Gasteiger charge is 2.33. The summed E-state index contributed by atoms with van der Waals surface area (Å²) in [4.78, 5) is 12.7. The highest BCUT2D eigenvalue weighted by molar-refractivity contribution is 5.32. The van der Waals surface area contributed by atoms with Gasteiger partial charge in [0.1, 0.15) is 5.75 Å². The first kappa shape index (κ1) is 16.5. The number of aromatic nitrogens is 4. The predicted molar refractivity (Wildman–Crippen MR) is 96.9 cm³/mol. The molecule has 1 aliphatic carbocycles. The Morgan fingerprint density at radius 1 is 1.15 bits per heavy atom. The van der Waals surface area contributed by atoms with E-state index in [1.54, 1.807) is 24.8 Å². The van der Waals surface area contributed by atoms with E-state index in [4.69, 9.17) is 4.74 Å². The van der Waals surface area contributed by atoms with Crippen LogP contribution in [0.4, 0.5) is 5.95 Å². The van der Waals surface area contributed by atoms with E-state index < -0.39 is 6.10 Å². The normalized spacial score (nSPS) is 22.3. The molecule has 3 atom stereocenters. The van der Waals surface area contributed by atoms with Crippen LogP contribution in [0.15, 0.2) is 61.3 Å². The maximum absolute atomic E-state index is 10.4. The van der Waals surface area contributed by atoms with E-state index in [1.807, 2.05) is 41.1 Å². The van der Waals surface area contributed by atoms with E-state index in [1.165, 1.54) is 0 Å². The molecule has 1 unspecified atom stereocenters. The number of hydrogen-bond donors (Lipinski definition) is 2. The van der Waals surface area contributed by atoms with Gasteiger partial charge in [0.15, 0.2) is 0 Å². The van der Waals surface area contributed by atoms with Crippen molar-refractivity contribution in [2.75, 3.05) is 5.32 Å². The summed E-state index contributed by atoms with van der Waals surface area (Å²) in [7, 11) is 0. The quantitative estimate of drug-likeness (QED) is 0.710. The molecule has 2 N–H and O–H groups in total. The number of rotatable bonds is 6. The number of benzene rings is 1. The van der Waals surface area contributed by atoms with Crippen molar-refractivity contribution in [3.05, 3.63) is 61.3 Å². The Balaban J connectivity index is 1.38. The molecule has 4 rings (SSSR count). The molecule has 134 valence electrons. The molecule has 0 spiro atoms. The Hall–Kier alpha value is -2.93. The third-order valence-electron chi connectivity index (χ3n) is 4.56. The highest BCUT2D eigenvalue weighted by atomic mass is 16.5. The largest absolute Gasteiger partial charge is 0.439 e. The van der Waals surface area contributed by atoms with Gasteiger partial charge in [-0.05, 0) is 30.9 Å². The van der Waals surface area contributed by atoms with E-state index in [0.717, 1.165) is 25.1 Å². The van der Waals surface area contributed by atoms with Crippen molar-refractivity contribution in [3.8, 4) is 11.6 Å². The van der Waals surface area contributed by atoms with Crippen LogP contribution in [0, 0.1) is 5.92 Å². The van der Waals surface area contributed by atoms with Crippen LogP contribution in [0.25, 0.3) is 0 Å². The lowest BCUT2D eigenvalue weighted by molar-refractivity contribution is 0.166. The average molecular weight is 351 g/mol. The maximum atomic E-state index is 10.4. The van der Waals surface area contributed by atoms with Crippen molar-refractivity contribution < 1.29 is 9.84 Å². The van der Waals surface area contributed by atoms with Gasteiger partial charge >= 0.3 is 0 Å². The summed E-state index contributed by atoms with van der Waals surface area (Å²) in [5, 5.41) is 13.6. The standard InChI is InChI=1S/C19H21N5O2/c25-17-11-14(12-24-9-8-20-13-24)10-16(17)22-19-21-7-6-18(23-19)26-15-4-2-1-3-5-15/h1-9,13-14,16-17,25H,10-12H2,(H,21,22,23)/t14?,16-,17-/m1/s1. The number of para-hydroxylation sites is 1. The Morgan fingerprint density at radius 3 is 2.85 bits per heavy atom. The Kier molecular flexibility index (Phi) is 4.79. The fourth-order valence-corrected chi connectivity index (χ4v) is 3.36. The lowest BCUT2D eigenvalue weighted by Crippen LogP contribution is -2.28. The smallest absolute Gasteiger partial charge is 0.226 e. The van der Waals surface area contributed by atoms with Gasteiger partial charge in [-0.3, -0.25) is 0 Å². The monoisotopic (exact) mass is 351 g/mol. The number of anilines is 1. The second-order valence-corrected chi connectivity index (χ2v) is 6.55. The molecule has 1 aromatic carbocycles. The highest BCUT2D eigenvalue weighted by Crippen LogP contribution is 2.29. The lowest BCUT2D eigenvalue weighted by Gasteiger charge is -2.16. The van der Waals surface area contributed by atoms with Crippen LogP contribution in [0.3, 0.4) is 0 Å². The van der Waals surface area contributed by atoms with E-state index in [2.05, 4.69) is 20.3 Å². The molecule has 2 heterocycles. The van der Waals surface area contributed by atoms with Gasteiger partial charge in [0, 0.05) is 31.2 Å². The van der Waals surface area contributed by atoms with Crippen LogP contribution < -0.4 is 10.1 Å². The molecule has 0 amide bonds. The average Bonchev–Trinajstić information content (AvgIpc) is 3.27. The van der Waals surface area contributed by atoms with Crippen molar-refractivity contribution in [2.45, 2.75) is 31.5 Å².